The largest absolute Gasteiger partial charge is 0.387 e. The fraction of sp³-hybridized carbons (Fsp3) is 1.00. The van der Waals surface area contributed by atoms with Gasteiger partial charge < -0.3 is 5.11 Å². The summed E-state index contributed by atoms with van der Waals surface area (Å²) in [4.78, 5) is 0. The van der Waals surface area contributed by atoms with Crippen LogP contribution in [0.2, 0.25) is 0 Å². The minimum absolute atomic E-state index is 0.0375. The van der Waals surface area contributed by atoms with Crippen molar-refractivity contribution in [2.75, 3.05) is 0 Å². The highest BCUT2D eigenvalue weighted by Crippen LogP contribution is 2.63. The molecule has 0 spiro atoms. The lowest BCUT2D eigenvalue weighted by Crippen LogP contribution is -2.67. The van der Waals surface area contributed by atoms with Gasteiger partial charge in [0, 0.05) is 0 Å². The van der Waals surface area contributed by atoms with E-state index in [0.717, 1.165) is 57.8 Å². The van der Waals surface area contributed by atoms with Crippen LogP contribution in [0.1, 0.15) is 118 Å². The molecule has 9 heteroatoms. The number of rotatable bonds is 16. The van der Waals surface area contributed by atoms with Crippen molar-refractivity contribution in [3.8, 4) is 0 Å². The van der Waals surface area contributed by atoms with Gasteiger partial charge in [-0.1, -0.05) is 72.1 Å². The van der Waals surface area contributed by atoms with Gasteiger partial charge in [0.2, 0.25) is 0 Å². The van der Waals surface area contributed by atoms with Gasteiger partial charge in [-0.15, -0.1) is 0 Å². The molecule has 0 heterocycles. The summed E-state index contributed by atoms with van der Waals surface area (Å²) in [5.74, 6) is 0.481. The Morgan fingerprint density at radius 1 is 0.882 bits per heavy atom. The monoisotopic (exact) mass is 524 g/mol. The molecule has 0 aliphatic heterocycles. The SMILES string of the molecule is CCC(CCCCCCCCCCC(C)S(=O)(=O)O)S(=O)(=O)OC1CC2CC(C2(C)C)C1(C)O. The topological polar surface area (TPSA) is 118 Å². The smallest absolute Gasteiger partial charge is 0.270 e. The van der Waals surface area contributed by atoms with Crippen LogP contribution in [0.3, 0.4) is 0 Å². The molecule has 0 aromatic rings. The van der Waals surface area contributed by atoms with E-state index < -0.39 is 42.4 Å². The van der Waals surface area contributed by atoms with Gasteiger partial charge in [-0.05, 0) is 63.2 Å². The Kier molecular flexibility index (Phi) is 10.5. The molecule has 3 rings (SSSR count). The fourth-order valence-electron chi connectivity index (χ4n) is 6.07. The summed E-state index contributed by atoms with van der Waals surface area (Å²) in [6.07, 6.45) is 10.3. The summed E-state index contributed by atoms with van der Waals surface area (Å²) in [5, 5.41) is 9.86. The van der Waals surface area contributed by atoms with E-state index in [1.807, 2.05) is 6.92 Å². The minimum Gasteiger partial charge on any atom is -0.387 e. The fourth-order valence-corrected chi connectivity index (χ4v) is 8.15. The third-order valence-electron chi connectivity index (χ3n) is 8.84. The third-order valence-corrected chi connectivity index (χ3v) is 12.0. The highest BCUT2D eigenvalue weighted by molar-refractivity contribution is 7.87. The Bertz CT molecular complexity index is 848. The van der Waals surface area contributed by atoms with Gasteiger partial charge in [0.15, 0.2) is 0 Å². The van der Waals surface area contributed by atoms with Gasteiger partial charge in [-0.25, -0.2) is 0 Å². The molecule has 3 fully saturated rings. The van der Waals surface area contributed by atoms with Gasteiger partial charge in [0.25, 0.3) is 20.2 Å². The Morgan fingerprint density at radius 2 is 1.38 bits per heavy atom. The van der Waals surface area contributed by atoms with Gasteiger partial charge in [-0.2, -0.15) is 16.8 Å². The van der Waals surface area contributed by atoms with Crippen molar-refractivity contribution in [2.24, 2.45) is 17.3 Å². The van der Waals surface area contributed by atoms with Crippen LogP contribution in [0.25, 0.3) is 0 Å². The molecule has 0 aromatic heterocycles. The van der Waals surface area contributed by atoms with Crippen molar-refractivity contribution in [3.05, 3.63) is 0 Å². The molecule has 6 atom stereocenters. The molecule has 202 valence electrons. The van der Waals surface area contributed by atoms with Crippen LogP contribution in [-0.4, -0.2) is 48.7 Å². The Balaban J connectivity index is 1.64. The predicted octanol–water partition coefficient (Wildman–Crippen LogP) is 5.47. The quantitative estimate of drug-likeness (QED) is 0.156. The molecule has 0 aromatic carbocycles. The van der Waals surface area contributed by atoms with Crippen LogP contribution in [0.4, 0.5) is 0 Å². The van der Waals surface area contributed by atoms with Crippen LogP contribution in [0.5, 0.6) is 0 Å². The van der Waals surface area contributed by atoms with Crippen LogP contribution >= 0.6 is 0 Å². The molecule has 3 aliphatic rings. The second kappa shape index (κ2) is 11.9. The van der Waals surface area contributed by atoms with Crippen molar-refractivity contribution >= 4 is 20.2 Å². The maximum Gasteiger partial charge on any atom is 0.270 e. The third kappa shape index (κ3) is 7.40. The average molecular weight is 525 g/mol. The molecule has 2 bridgehead atoms. The van der Waals surface area contributed by atoms with E-state index in [2.05, 4.69) is 13.8 Å². The standard InChI is InChI=1S/C25H48O7S2/c1-6-21(16-14-12-10-8-7-9-11-13-15-19(2)33(27,28)29)34(30,31)32-23-18-20-17-22(24(20,3)4)25(23,5)26/h19-23,26H,6-18H2,1-5H3,(H,27,28,29). The molecular formula is C25H48O7S2. The van der Waals surface area contributed by atoms with Crippen LogP contribution < -0.4 is 0 Å². The molecule has 2 N–H and O–H groups in total. The summed E-state index contributed by atoms with van der Waals surface area (Å²) >= 11 is 0. The van der Waals surface area contributed by atoms with Crippen LogP contribution in [0, 0.1) is 17.3 Å². The zero-order chi connectivity index (χ0) is 25.8. The lowest BCUT2D eigenvalue weighted by atomic mass is 9.43. The first kappa shape index (κ1) is 30.0. The van der Waals surface area contributed by atoms with Crippen LogP contribution in [-0.2, 0) is 24.4 Å². The summed E-state index contributed by atoms with van der Waals surface area (Å²) < 4.78 is 62.6. The summed E-state index contributed by atoms with van der Waals surface area (Å²) in [6.45, 7) is 9.47. The van der Waals surface area contributed by atoms with Gasteiger partial charge in [0.1, 0.15) is 6.10 Å². The first-order valence-corrected chi connectivity index (χ1v) is 16.2. The zero-order valence-electron chi connectivity index (χ0n) is 21.8. The summed E-state index contributed by atoms with van der Waals surface area (Å²) in [7, 11) is -7.64. The predicted molar refractivity (Wildman–Crippen MR) is 136 cm³/mol. The van der Waals surface area contributed by atoms with E-state index >= 15 is 0 Å². The first-order valence-electron chi connectivity index (χ1n) is 13.2. The average Bonchev–Trinajstić information content (AvgIpc) is 2.71. The number of aliphatic hydroxyl groups is 1. The Morgan fingerprint density at radius 3 is 1.82 bits per heavy atom. The zero-order valence-corrected chi connectivity index (χ0v) is 23.5. The first-order chi connectivity index (χ1) is 15.6. The number of unbranched alkanes of at least 4 members (excludes halogenated alkanes) is 7. The van der Waals surface area contributed by atoms with E-state index in [0.29, 0.717) is 31.6 Å². The summed E-state index contributed by atoms with van der Waals surface area (Å²) in [6, 6.07) is 0. The van der Waals surface area contributed by atoms with Gasteiger partial charge in [-0.3, -0.25) is 8.74 Å². The van der Waals surface area contributed by atoms with Crippen molar-refractivity contribution in [1.29, 1.82) is 0 Å². The van der Waals surface area contributed by atoms with E-state index in [1.165, 1.54) is 6.92 Å². The lowest BCUT2D eigenvalue weighted by Gasteiger charge is -2.64. The van der Waals surface area contributed by atoms with Crippen molar-refractivity contribution in [1.82, 2.24) is 0 Å². The normalized spacial score (nSPS) is 30.5. The second-order valence-corrected chi connectivity index (χ2v) is 15.3. The van der Waals surface area contributed by atoms with Crippen molar-refractivity contribution in [2.45, 2.75) is 140 Å². The molecule has 0 radical (unpaired) electrons. The summed E-state index contributed by atoms with van der Waals surface area (Å²) in [5.41, 5.74) is -1.08. The van der Waals surface area contributed by atoms with E-state index in [1.54, 1.807) is 6.92 Å². The molecular weight excluding hydrogens is 476 g/mol. The highest BCUT2D eigenvalue weighted by Gasteiger charge is 2.64. The Hall–Kier alpha value is -0.220. The molecule has 0 amide bonds. The van der Waals surface area contributed by atoms with Crippen LogP contribution in [0.15, 0.2) is 0 Å². The maximum absolute atomic E-state index is 13.0. The molecule has 34 heavy (non-hydrogen) atoms. The van der Waals surface area contributed by atoms with E-state index in [9.17, 15) is 21.9 Å². The minimum atomic E-state index is -3.91. The number of fused-ring (bicyclic) bond motifs is 2. The van der Waals surface area contributed by atoms with E-state index in [-0.39, 0.29) is 11.3 Å². The van der Waals surface area contributed by atoms with E-state index in [4.69, 9.17) is 8.74 Å². The number of hydrogen-bond acceptors (Lipinski definition) is 6. The van der Waals surface area contributed by atoms with Crippen molar-refractivity contribution < 1.29 is 30.7 Å². The molecule has 6 unspecified atom stereocenters. The van der Waals surface area contributed by atoms with Gasteiger partial charge in [0.05, 0.1) is 16.1 Å². The van der Waals surface area contributed by atoms with Gasteiger partial charge >= 0.3 is 0 Å². The highest BCUT2D eigenvalue weighted by atomic mass is 32.2. The van der Waals surface area contributed by atoms with Crippen molar-refractivity contribution in [3.63, 3.8) is 0 Å². The molecule has 0 saturated heterocycles. The lowest BCUT2D eigenvalue weighted by molar-refractivity contribution is -0.237. The molecule has 7 nitrogen and oxygen atoms in total. The Labute approximate surface area is 208 Å². The molecule has 3 aliphatic carbocycles. The number of hydrogen-bond donors (Lipinski definition) is 2. The maximum atomic E-state index is 13.0. The molecule has 3 saturated carbocycles. The second-order valence-electron chi connectivity index (χ2n) is 11.6.